The molecule has 0 unspecified atom stereocenters. The maximum atomic E-state index is 12.5. The fraction of sp³-hybridized carbons (Fsp3) is 0.375. The molecular weight excluding hydrogens is 396 g/mol. The molecule has 0 aromatic heterocycles. The van der Waals surface area contributed by atoms with Gasteiger partial charge in [0.1, 0.15) is 12.3 Å². The number of methoxy groups -OCH3 is 1. The number of benzene rings is 2. The van der Waals surface area contributed by atoms with Gasteiger partial charge in [-0.05, 0) is 36.1 Å². The second-order valence-electron chi connectivity index (χ2n) is 7.47. The zero-order valence-corrected chi connectivity index (χ0v) is 17.7. The summed E-state index contributed by atoms with van der Waals surface area (Å²) in [6.45, 7) is 0.0285. The Morgan fingerprint density at radius 3 is 2.42 bits per heavy atom. The minimum Gasteiger partial charge on any atom is -0.497 e. The molecule has 2 amide bonds. The monoisotopic (exact) mass is 424 g/mol. The summed E-state index contributed by atoms with van der Waals surface area (Å²) < 4.78 is 10.3. The van der Waals surface area contributed by atoms with Crippen LogP contribution in [0.3, 0.4) is 0 Å². The number of amides is 2. The van der Waals surface area contributed by atoms with Crippen molar-refractivity contribution in [2.75, 3.05) is 26.8 Å². The summed E-state index contributed by atoms with van der Waals surface area (Å²) in [5.74, 6) is -0.312. The number of ether oxygens (including phenoxy) is 2. The van der Waals surface area contributed by atoms with E-state index in [1.54, 1.807) is 7.11 Å². The molecule has 1 fully saturated rings. The van der Waals surface area contributed by atoms with Crippen LogP contribution in [0.25, 0.3) is 0 Å². The third-order valence-electron chi connectivity index (χ3n) is 5.24. The lowest BCUT2D eigenvalue weighted by Crippen LogP contribution is -2.38. The molecule has 0 radical (unpaired) electrons. The molecule has 1 atom stereocenters. The van der Waals surface area contributed by atoms with E-state index in [0.29, 0.717) is 13.0 Å². The van der Waals surface area contributed by atoms with Crippen LogP contribution in [0.15, 0.2) is 54.6 Å². The molecule has 3 rings (SSSR count). The van der Waals surface area contributed by atoms with E-state index in [2.05, 4.69) is 5.32 Å². The van der Waals surface area contributed by atoms with Crippen molar-refractivity contribution >= 4 is 17.8 Å². The summed E-state index contributed by atoms with van der Waals surface area (Å²) in [6.07, 6.45) is 3.15. The van der Waals surface area contributed by atoms with E-state index in [1.165, 1.54) is 4.90 Å². The Bertz CT molecular complexity index is 883. The molecule has 2 aromatic rings. The zero-order valence-electron chi connectivity index (χ0n) is 17.7. The van der Waals surface area contributed by atoms with E-state index in [1.807, 2.05) is 54.6 Å². The van der Waals surface area contributed by atoms with Crippen molar-refractivity contribution in [1.82, 2.24) is 10.2 Å². The topological polar surface area (TPSA) is 84.9 Å². The van der Waals surface area contributed by atoms with Gasteiger partial charge in [-0.2, -0.15) is 0 Å². The van der Waals surface area contributed by atoms with Gasteiger partial charge in [0.15, 0.2) is 6.61 Å². The molecule has 1 aliphatic heterocycles. The first-order valence-electron chi connectivity index (χ1n) is 10.5. The lowest BCUT2D eigenvalue weighted by molar-refractivity contribution is -0.152. The van der Waals surface area contributed by atoms with Gasteiger partial charge in [-0.3, -0.25) is 14.4 Å². The van der Waals surface area contributed by atoms with E-state index in [-0.39, 0.29) is 12.5 Å². The third kappa shape index (κ3) is 6.57. The normalized spacial score (nSPS) is 15.0. The molecule has 0 saturated carbocycles. The smallest absolute Gasteiger partial charge is 0.326 e. The van der Waals surface area contributed by atoms with Gasteiger partial charge >= 0.3 is 5.97 Å². The maximum absolute atomic E-state index is 12.5. The van der Waals surface area contributed by atoms with Gasteiger partial charge in [0.2, 0.25) is 5.91 Å². The van der Waals surface area contributed by atoms with Gasteiger partial charge in [0, 0.05) is 13.0 Å². The average Bonchev–Trinajstić information content (AvgIpc) is 3.00. The third-order valence-corrected chi connectivity index (χ3v) is 5.24. The van der Waals surface area contributed by atoms with E-state index < -0.39 is 24.5 Å². The number of hydrogen-bond donors (Lipinski definition) is 1. The molecule has 1 heterocycles. The lowest BCUT2D eigenvalue weighted by Gasteiger charge is -2.21. The first-order chi connectivity index (χ1) is 15.1. The highest BCUT2D eigenvalue weighted by Gasteiger charge is 2.21. The number of carbonyl (C=O) groups excluding carboxylic acids is 3. The van der Waals surface area contributed by atoms with Gasteiger partial charge in [0.05, 0.1) is 13.2 Å². The van der Waals surface area contributed by atoms with Crippen molar-refractivity contribution in [3.63, 3.8) is 0 Å². The van der Waals surface area contributed by atoms with Crippen molar-refractivity contribution in [3.05, 3.63) is 65.7 Å². The SMILES string of the molecule is COc1ccc([C@H](NC(=O)COC(=O)CN2CCCCCC2=O)c2ccccc2)cc1. The number of esters is 1. The quantitative estimate of drug-likeness (QED) is 0.659. The summed E-state index contributed by atoms with van der Waals surface area (Å²) in [5.41, 5.74) is 1.78. The summed E-state index contributed by atoms with van der Waals surface area (Å²) in [6, 6.07) is 16.6. The highest BCUT2D eigenvalue weighted by Crippen LogP contribution is 2.24. The number of carbonyl (C=O) groups is 3. The Kier molecular flexibility index (Phi) is 8.04. The molecule has 7 heteroatoms. The molecule has 1 aliphatic rings. The fourth-order valence-corrected chi connectivity index (χ4v) is 3.56. The molecule has 1 N–H and O–H groups in total. The Morgan fingerprint density at radius 2 is 1.71 bits per heavy atom. The predicted molar refractivity (Wildman–Crippen MR) is 115 cm³/mol. The standard InChI is InChI=1S/C24H28N2O5/c1-30-20-13-11-19(12-14-20)24(18-8-4-2-5-9-18)25-21(27)17-31-23(29)16-26-15-7-3-6-10-22(26)28/h2,4-5,8-9,11-14,24H,3,6-7,10,15-17H2,1H3,(H,25,27)/t24-/m1/s1. The van der Waals surface area contributed by atoms with Gasteiger partial charge in [-0.25, -0.2) is 0 Å². The molecule has 7 nitrogen and oxygen atoms in total. The van der Waals surface area contributed by atoms with Gasteiger partial charge in [-0.15, -0.1) is 0 Å². The largest absolute Gasteiger partial charge is 0.497 e. The first-order valence-corrected chi connectivity index (χ1v) is 10.5. The second-order valence-corrected chi connectivity index (χ2v) is 7.47. The van der Waals surface area contributed by atoms with Crippen LogP contribution in [0.5, 0.6) is 5.75 Å². The van der Waals surface area contributed by atoms with Crippen molar-refractivity contribution in [1.29, 1.82) is 0 Å². The Labute approximate surface area is 182 Å². The number of likely N-dealkylation sites (tertiary alicyclic amines) is 1. The summed E-state index contributed by atoms with van der Waals surface area (Å²) in [4.78, 5) is 38.2. The fourth-order valence-electron chi connectivity index (χ4n) is 3.56. The Balaban J connectivity index is 1.59. The Hall–Kier alpha value is -3.35. The summed E-state index contributed by atoms with van der Waals surface area (Å²) >= 11 is 0. The first kappa shape index (κ1) is 22.3. The van der Waals surface area contributed by atoms with E-state index >= 15 is 0 Å². The molecule has 2 aromatic carbocycles. The average molecular weight is 424 g/mol. The summed E-state index contributed by atoms with van der Waals surface area (Å²) in [7, 11) is 1.60. The molecule has 31 heavy (non-hydrogen) atoms. The highest BCUT2D eigenvalue weighted by molar-refractivity contribution is 5.84. The number of rotatable bonds is 8. The van der Waals surface area contributed by atoms with Crippen molar-refractivity contribution < 1.29 is 23.9 Å². The van der Waals surface area contributed by atoms with Crippen LogP contribution in [-0.4, -0.2) is 49.5 Å². The van der Waals surface area contributed by atoms with Crippen molar-refractivity contribution in [3.8, 4) is 5.75 Å². The number of hydrogen-bond acceptors (Lipinski definition) is 5. The van der Waals surface area contributed by atoms with Crippen molar-refractivity contribution in [2.24, 2.45) is 0 Å². The molecule has 0 bridgehead atoms. The minimum absolute atomic E-state index is 0.0393. The molecular formula is C24H28N2O5. The molecule has 1 saturated heterocycles. The van der Waals surface area contributed by atoms with E-state index in [9.17, 15) is 14.4 Å². The maximum Gasteiger partial charge on any atom is 0.326 e. The number of nitrogens with one attached hydrogen (secondary N) is 1. The Morgan fingerprint density at radius 1 is 1.00 bits per heavy atom. The van der Waals surface area contributed by atoms with Crippen molar-refractivity contribution in [2.45, 2.75) is 31.7 Å². The van der Waals surface area contributed by atoms with Gasteiger partial charge < -0.3 is 19.7 Å². The molecule has 164 valence electrons. The zero-order chi connectivity index (χ0) is 22.1. The second kappa shape index (κ2) is 11.2. The van der Waals surface area contributed by atoms with Crippen LogP contribution < -0.4 is 10.1 Å². The van der Waals surface area contributed by atoms with E-state index in [0.717, 1.165) is 36.1 Å². The molecule has 0 spiro atoms. The van der Waals surface area contributed by atoms with Crippen LogP contribution in [-0.2, 0) is 19.1 Å². The van der Waals surface area contributed by atoms with Crippen LogP contribution >= 0.6 is 0 Å². The highest BCUT2D eigenvalue weighted by atomic mass is 16.5. The van der Waals surface area contributed by atoms with Gasteiger partial charge in [0.25, 0.3) is 5.91 Å². The molecule has 0 aliphatic carbocycles. The minimum atomic E-state index is -0.578. The van der Waals surface area contributed by atoms with Crippen LogP contribution in [0.2, 0.25) is 0 Å². The van der Waals surface area contributed by atoms with Gasteiger partial charge in [-0.1, -0.05) is 48.9 Å². The van der Waals surface area contributed by atoms with E-state index in [4.69, 9.17) is 9.47 Å². The summed E-state index contributed by atoms with van der Waals surface area (Å²) in [5, 5.41) is 2.93. The lowest BCUT2D eigenvalue weighted by atomic mass is 9.98. The van der Waals surface area contributed by atoms with Crippen LogP contribution in [0.1, 0.15) is 42.9 Å². The number of nitrogens with zero attached hydrogens (tertiary/aromatic N) is 1. The van der Waals surface area contributed by atoms with Crippen LogP contribution in [0.4, 0.5) is 0 Å². The van der Waals surface area contributed by atoms with Crippen LogP contribution in [0, 0.1) is 0 Å². The predicted octanol–water partition coefficient (Wildman–Crippen LogP) is 2.85.